The molecule has 0 aliphatic rings. The van der Waals surface area contributed by atoms with E-state index < -0.39 is 0 Å². The highest BCUT2D eigenvalue weighted by molar-refractivity contribution is 5.47. The van der Waals surface area contributed by atoms with Gasteiger partial charge in [-0.1, -0.05) is 12.1 Å². The number of nitrogens with one attached hydrogen (secondary N) is 1. The van der Waals surface area contributed by atoms with E-state index >= 15 is 0 Å². The standard InChI is InChI=1S/C10H12N4O2/c1-3-8-6(2)13-9-7(5-12-16)4-11-14(9)10(8)15/h4,11H,3,5H2,1-2H3. The van der Waals surface area contributed by atoms with Gasteiger partial charge in [0.05, 0.1) is 0 Å². The number of aromatic amines is 1. The third-order valence-electron chi connectivity index (χ3n) is 2.63. The summed E-state index contributed by atoms with van der Waals surface area (Å²) in [5.41, 5.74) is 2.41. The monoisotopic (exact) mass is 220 g/mol. The minimum Gasteiger partial charge on any atom is -0.296 e. The summed E-state index contributed by atoms with van der Waals surface area (Å²) < 4.78 is 1.35. The van der Waals surface area contributed by atoms with Crippen LogP contribution in [-0.2, 0) is 13.0 Å². The third kappa shape index (κ3) is 1.42. The minimum atomic E-state index is -0.109. The Labute approximate surface area is 91.3 Å². The summed E-state index contributed by atoms with van der Waals surface area (Å²) in [5, 5.41) is 5.59. The van der Waals surface area contributed by atoms with E-state index in [-0.39, 0.29) is 12.1 Å². The smallest absolute Gasteiger partial charge is 0.276 e. The Bertz CT molecular complexity index is 597. The van der Waals surface area contributed by atoms with Gasteiger partial charge < -0.3 is 0 Å². The van der Waals surface area contributed by atoms with Gasteiger partial charge in [0.15, 0.2) is 5.65 Å². The number of nitrogens with zero attached hydrogens (tertiary/aromatic N) is 3. The Morgan fingerprint density at radius 1 is 1.56 bits per heavy atom. The average molecular weight is 220 g/mol. The maximum atomic E-state index is 12.0. The van der Waals surface area contributed by atoms with Gasteiger partial charge in [-0.2, -0.15) is 4.91 Å². The van der Waals surface area contributed by atoms with Crippen molar-refractivity contribution >= 4 is 5.65 Å². The second-order valence-corrected chi connectivity index (χ2v) is 3.58. The molecule has 16 heavy (non-hydrogen) atoms. The fourth-order valence-electron chi connectivity index (χ4n) is 1.80. The van der Waals surface area contributed by atoms with Crippen LogP contribution < -0.4 is 5.56 Å². The van der Waals surface area contributed by atoms with E-state index in [1.165, 1.54) is 4.52 Å². The van der Waals surface area contributed by atoms with Gasteiger partial charge in [0.25, 0.3) is 5.56 Å². The maximum absolute atomic E-state index is 12.0. The zero-order chi connectivity index (χ0) is 11.7. The lowest BCUT2D eigenvalue weighted by Gasteiger charge is -2.02. The Kier molecular flexibility index (Phi) is 2.55. The SMILES string of the molecule is CCc1c(C)nc2c(CN=O)c[nH]n2c1=O. The lowest BCUT2D eigenvalue weighted by Crippen LogP contribution is -2.21. The lowest BCUT2D eigenvalue weighted by atomic mass is 10.2. The van der Waals surface area contributed by atoms with Crippen molar-refractivity contribution in [2.24, 2.45) is 5.18 Å². The van der Waals surface area contributed by atoms with Crippen LogP contribution in [0.5, 0.6) is 0 Å². The van der Waals surface area contributed by atoms with E-state index in [1.54, 1.807) is 13.1 Å². The number of hydrogen-bond donors (Lipinski definition) is 1. The van der Waals surface area contributed by atoms with Crippen molar-refractivity contribution in [2.45, 2.75) is 26.8 Å². The molecule has 0 unspecified atom stereocenters. The number of aryl methyl sites for hydroxylation is 1. The van der Waals surface area contributed by atoms with Gasteiger partial charge in [-0.25, -0.2) is 9.50 Å². The number of nitroso groups, excluding NO2 is 1. The normalized spacial score (nSPS) is 10.9. The molecule has 1 N–H and O–H groups in total. The molecule has 84 valence electrons. The predicted molar refractivity (Wildman–Crippen MR) is 59.4 cm³/mol. The van der Waals surface area contributed by atoms with Crippen LogP contribution in [0.4, 0.5) is 0 Å². The largest absolute Gasteiger partial charge is 0.296 e. The van der Waals surface area contributed by atoms with Crippen LogP contribution in [-0.4, -0.2) is 14.6 Å². The molecule has 6 heteroatoms. The molecule has 0 saturated heterocycles. The molecule has 0 atom stereocenters. The molecule has 0 bridgehead atoms. The van der Waals surface area contributed by atoms with E-state index in [4.69, 9.17) is 0 Å². The van der Waals surface area contributed by atoms with Crippen molar-refractivity contribution in [1.82, 2.24) is 14.6 Å². The predicted octanol–water partition coefficient (Wildman–Crippen LogP) is 1.16. The molecule has 2 rings (SSSR count). The van der Waals surface area contributed by atoms with Gasteiger partial charge in [0, 0.05) is 23.0 Å². The number of fused-ring (bicyclic) bond motifs is 1. The molecule has 0 spiro atoms. The second-order valence-electron chi connectivity index (χ2n) is 3.58. The van der Waals surface area contributed by atoms with Crippen LogP contribution in [0.2, 0.25) is 0 Å². The highest BCUT2D eigenvalue weighted by Crippen LogP contribution is 2.10. The van der Waals surface area contributed by atoms with Crippen molar-refractivity contribution in [3.05, 3.63) is 38.3 Å². The first-order valence-electron chi connectivity index (χ1n) is 5.06. The fraction of sp³-hybridized carbons (Fsp3) is 0.400. The summed E-state index contributed by atoms with van der Waals surface area (Å²) in [7, 11) is 0. The summed E-state index contributed by atoms with van der Waals surface area (Å²) in [5.74, 6) is 0. The van der Waals surface area contributed by atoms with E-state index in [9.17, 15) is 9.70 Å². The van der Waals surface area contributed by atoms with E-state index in [0.717, 1.165) is 0 Å². The topological polar surface area (TPSA) is 79.6 Å². The quantitative estimate of drug-likeness (QED) is 0.788. The second kappa shape index (κ2) is 3.88. The van der Waals surface area contributed by atoms with Crippen LogP contribution >= 0.6 is 0 Å². The molecule has 0 aliphatic heterocycles. The molecule has 2 aromatic rings. The summed E-state index contributed by atoms with van der Waals surface area (Å²) in [4.78, 5) is 26.5. The molecule has 0 aliphatic carbocycles. The number of H-pyrrole nitrogens is 1. The Balaban J connectivity index is 2.79. The van der Waals surface area contributed by atoms with Crippen molar-refractivity contribution < 1.29 is 0 Å². The molecule has 0 saturated carbocycles. The Morgan fingerprint density at radius 3 is 2.94 bits per heavy atom. The molecular weight excluding hydrogens is 208 g/mol. The highest BCUT2D eigenvalue weighted by atomic mass is 16.3. The molecule has 0 aromatic carbocycles. The number of rotatable bonds is 3. The van der Waals surface area contributed by atoms with Crippen LogP contribution in [0.1, 0.15) is 23.7 Å². The summed E-state index contributed by atoms with van der Waals surface area (Å²) in [6.45, 7) is 3.73. The van der Waals surface area contributed by atoms with E-state index in [0.29, 0.717) is 28.9 Å². The van der Waals surface area contributed by atoms with Crippen molar-refractivity contribution in [2.75, 3.05) is 0 Å². The molecule has 6 nitrogen and oxygen atoms in total. The van der Waals surface area contributed by atoms with E-state index in [2.05, 4.69) is 15.3 Å². The lowest BCUT2D eigenvalue weighted by molar-refractivity contribution is 0.852. The number of aromatic nitrogens is 3. The molecule has 2 heterocycles. The fourth-order valence-corrected chi connectivity index (χ4v) is 1.80. The summed E-state index contributed by atoms with van der Waals surface area (Å²) >= 11 is 0. The molecule has 0 amide bonds. The van der Waals surface area contributed by atoms with Gasteiger partial charge in [-0.15, -0.1) is 0 Å². The van der Waals surface area contributed by atoms with Crippen molar-refractivity contribution in [3.63, 3.8) is 0 Å². The first kappa shape index (κ1) is 10.5. The average Bonchev–Trinajstić information content (AvgIpc) is 2.63. The Morgan fingerprint density at radius 2 is 2.31 bits per heavy atom. The summed E-state index contributed by atoms with van der Waals surface area (Å²) in [6.07, 6.45) is 2.23. The maximum Gasteiger partial charge on any atom is 0.276 e. The van der Waals surface area contributed by atoms with Gasteiger partial charge in [0.1, 0.15) is 6.54 Å². The third-order valence-corrected chi connectivity index (χ3v) is 2.63. The van der Waals surface area contributed by atoms with Crippen molar-refractivity contribution in [3.8, 4) is 0 Å². The van der Waals surface area contributed by atoms with E-state index in [1.807, 2.05) is 6.92 Å². The van der Waals surface area contributed by atoms with Gasteiger partial charge in [-0.05, 0) is 13.3 Å². The molecule has 0 radical (unpaired) electrons. The zero-order valence-corrected chi connectivity index (χ0v) is 9.15. The van der Waals surface area contributed by atoms with Crippen LogP contribution in [0, 0.1) is 11.8 Å². The Hall–Kier alpha value is -1.98. The van der Waals surface area contributed by atoms with Crippen LogP contribution in [0.15, 0.2) is 16.2 Å². The van der Waals surface area contributed by atoms with Crippen LogP contribution in [0.25, 0.3) is 5.65 Å². The van der Waals surface area contributed by atoms with Crippen molar-refractivity contribution in [1.29, 1.82) is 0 Å². The summed E-state index contributed by atoms with van der Waals surface area (Å²) in [6, 6.07) is 0. The van der Waals surface area contributed by atoms with Gasteiger partial charge >= 0.3 is 0 Å². The number of hydrogen-bond acceptors (Lipinski definition) is 4. The molecular formula is C10H12N4O2. The molecule has 0 fully saturated rings. The zero-order valence-electron chi connectivity index (χ0n) is 9.15. The first-order chi connectivity index (χ1) is 7.69. The van der Waals surface area contributed by atoms with Gasteiger partial charge in [0.2, 0.25) is 0 Å². The minimum absolute atomic E-state index is 0.0182. The molecule has 2 aromatic heterocycles. The first-order valence-corrected chi connectivity index (χ1v) is 5.06. The van der Waals surface area contributed by atoms with Crippen LogP contribution in [0.3, 0.4) is 0 Å². The van der Waals surface area contributed by atoms with Gasteiger partial charge in [-0.3, -0.25) is 9.89 Å². The highest BCUT2D eigenvalue weighted by Gasteiger charge is 2.12.